The quantitative estimate of drug-likeness (QED) is 0.763. The lowest BCUT2D eigenvalue weighted by molar-refractivity contribution is -0.137. The fourth-order valence-electron chi connectivity index (χ4n) is 2.07. The molecule has 1 amide bonds. The SMILES string of the molecule is O=C(NCCc1ccc(C(F)(F)F)cc1)c1nnc(-c2ccco2)o1. The van der Waals surface area contributed by atoms with Crippen molar-refractivity contribution in [1.29, 1.82) is 0 Å². The highest BCUT2D eigenvalue weighted by Crippen LogP contribution is 2.29. The Balaban J connectivity index is 1.53. The zero-order valence-electron chi connectivity index (χ0n) is 12.7. The van der Waals surface area contributed by atoms with E-state index in [-0.39, 0.29) is 18.3 Å². The first kappa shape index (κ1) is 16.7. The Bertz CT molecular complexity index is 840. The number of rotatable bonds is 5. The molecular weight excluding hydrogens is 339 g/mol. The Kier molecular flexibility index (Phi) is 4.55. The summed E-state index contributed by atoms with van der Waals surface area (Å²) in [5, 5.41) is 9.89. The van der Waals surface area contributed by atoms with Crippen LogP contribution in [-0.4, -0.2) is 22.6 Å². The first-order valence-corrected chi connectivity index (χ1v) is 7.25. The van der Waals surface area contributed by atoms with E-state index in [1.807, 2.05) is 0 Å². The summed E-state index contributed by atoms with van der Waals surface area (Å²) in [7, 11) is 0. The maximum atomic E-state index is 12.5. The summed E-state index contributed by atoms with van der Waals surface area (Å²) in [4.78, 5) is 11.9. The molecular formula is C16H12F3N3O3. The van der Waals surface area contributed by atoms with Crippen molar-refractivity contribution in [2.45, 2.75) is 12.6 Å². The number of nitrogens with one attached hydrogen (secondary N) is 1. The van der Waals surface area contributed by atoms with Crippen LogP contribution in [0.2, 0.25) is 0 Å². The largest absolute Gasteiger partial charge is 0.459 e. The lowest BCUT2D eigenvalue weighted by Gasteiger charge is -2.07. The van der Waals surface area contributed by atoms with Crippen LogP contribution in [0.25, 0.3) is 11.7 Å². The Morgan fingerprint density at radius 3 is 2.52 bits per heavy atom. The molecule has 0 unspecified atom stereocenters. The first-order valence-electron chi connectivity index (χ1n) is 7.25. The van der Waals surface area contributed by atoms with Gasteiger partial charge in [0.2, 0.25) is 0 Å². The molecule has 0 bridgehead atoms. The number of carbonyl (C=O) groups excluding carboxylic acids is 1. The van der Waals surface area contributed by atoms with Gasteiger partial charge in [0.25, 0.3) is 5.89 Å². The molecule has 1 N–H and O–H groups in total. The Hall–Kier alpha value is -3.10. The van der Waals surface area contributed by atoms with Crippen molar-refractivity contribution in [2.75, 3.05) is 6.54 Å². The van der Waals surface area contributed by atoms with E-state index in [0.717, 1.165) is 12.1 Å². The molecule has 9 heteroatoms. The van der Waals surface area contributed by atoms with Crippen molar-refractivity contribution in [3.63, 3.8) is 0 Å². The molecule has 25 heavy (non-hydrogen) atoms. The highest BCUT2D eigenvalue weighted by molar-refractivity contribution is 5.89. The van der Waals surface area contributed by atoms with Gasteiger partial charge in [-0.25, -0.2) is 0 Å². The predicted molar refractivity (Wildman–Crippen MR) is 79.5 cm³/mol. The molecule has 0 aliphatic carbocycles. The maximum Gasteiger partial charge on any atom is 0.416 e. The van der Waals surface area contributed by atoms with Crippen LogP contribution in [0.5, 0.6) is 0 Å². The van der Waals surface area contributed by atoms with E-state index in [9.17, 15) is 18.0 Å². The van der Waals surface area contributed by atoms with Crippen LogP contribution in [-0.2, 0) is 12.6 Å². The second-order valence-corrected chi connectivity index (χ2v) is 5.09. The van der Waals surface area contributed by atoms with Gasteiger partial charge in [0.1, 0.15) is 0 Å². The van der Waals surface area contributed by atoms with Gasteiger partial charge < -0.3 is 14.2 Å². The molecule has 3 aromatic rings. The van der Waals surface area contributed by atoms with Gasteiger partial charge in [-0.05, 0) is 36.2 Å². The average Bonchev–Trinajstić information content (AvgIpc) is 3.25. The van der Waals surface area contributed by atoms with Crippen molar-refractivity contribution in [1.82, 2.24) is 15.5 Å². The van der Waals surface area contributed by atoms with Gasteiger partial charge in [-0.15, -0.1) is 10.2 Å². The molecule has 0 aliphatic heterocycles. The van der Waals surface area contributed by atoms with Crippen LogP contribution in [0.3, 0.4) is 0 Å². The standard InChI is InChI=1S/C16H12F3N3O3/c17-16(18,19)11-5-3-10(4-6-11)7-8-20-13(23)15-22-21-14(25-15)12-2-1-9-24-12/h1-6,9H,7-8H2,(H,20,23). The summed E-state index contributed by atoms with van der Waals surface area (Å²) in [5.41, 5.74) is -0.0493. The number of benzene rings is 1. The highest BCUT2D eigenvalue weighted by Gasteiger charge is 2.29. The number of hydrogen-bond donors (Lipinski definition) is 1. The molecule has 2 aromatic heterocycles. The van der Waals surface area contributed by atoms with Crippen LogP contribution in [0, 0.1) is 0 Å². The van der Waals surface area contributed by atoms with Gasteiger partial charge in [0, 0.05) is 6.54 Å². The second kappa shape index (κ2) is 6.80. The Labute approximate surface area is 139 Å². The van der Waals surface area contributed by atoms with Crippen molar-refractivity contribution in [3.05, 3.63) is 59.7 Å². The third-order valence-electron chi connectivity index (χ3n) is 3.33. The van der Waals surface area contributed by atoms with E-state index in [1.165, 1.54) is 18.4 Å². The van der Waals surface area contributed by atoms with Crippen molar-refractivity contribution in [3.8, 4) is 11.7 Å². The number of alkyl halides is 3. The summed E-state index contributed by atoms with van der Waals surface area (Å²) >= 11 is 0. The summed E-state index contributed by atoms with van der Waals surface area (Å²) in [6, 6.07) is 8.01. The van der Waals surface area contributed by atoms with Crippen LogP contribution in [0.15, 0.2) is 51.5 Å². The molecule has 6 nitrogen and oxygen atoms in total. The van der Waals surface area contributed by atoms with Crippen LogP contribution >= 0.6 is 0 Å². The molecule has 3 rings (SSSR count). The van der Waals surface area contributed by atoms with E-state index in [0.29, 0.717) is 17.7 Å². The monoisotopic (exact) mass is 351 g/mol. The fraction of sp³-hybridized carbons (Fsp3) is 0.188. The van der Waals surface area contributed by atoms with Crippen molar-refractivity contribution >= 4 is 5.91 Å². The topological polar surface area (TPSA) is 81.2 Å². The van der Waals surface area contributed by atoms with Gasteiger partial charge in [-0.3, -0.25) is 4.79 Å². The summed E-state index contributed by atoms with van der Waals surface area (Å²) in [6.07, 6.45) is -2.57. The van der Waals surface area contributed by atoms with E-state index >= 15 is 0 Å². The van der Waals surface area contributed by atoms with Crippen LogP contribution in [0.1, 0.15) is 21.8 Å². The third kappa shape index (κ3) is 4.06. The minimum Gasteiger partial charge on any atom is -0.459 e. The molecule has 0 aliphatic rings. The first-order chi connectivity index (χ1) is 11.9. The highest BCUT2D eigenvalue weighted by atomic mass is 19.4. The number of amides is 1. The molecule has 130 valence electrons. The molecule has 0 saturated carbocycles. The van der Waals surface area contributed by atoms with Gasteiger partial charge in [-0.1, -0.05) is 12.1 Å². The number of halogens is 3. The third-order valence-corrected chi connectivity index (χ3v) is 3.33. The lowest BCUT2D eigenvalue weighted by atomic mass is 10.1. The van der Waals surface area contributed by atoms with Crippen LogP contribution < -0.4 is 5.32 Å². The number of furan rings is 1. The maximum absolute atomic E-state index is 12.5. The average molecular weight is 351 g/mol. The molecule has 0 radical (unpaired) electrons. The second-order valence-electron chi connectivity index (χ2n) is 5.09. The number of nitrogens with zero attached hydrogens (tertiary/aromatic N) is 2. The van der Waals surface area contributed by atoms with E-state index in [2.05, 4.69) is 15.5 Å². The number of aromatic nitrogens is 2. The molecule has 0 atom stereocenters. The van der Waals surface area contributed by atoms with E-state index < -0.39 is 17.6 Å². The summed E-state index contributed by atoms with van der Waals surface area (Å²) in [6.45, 7) is 0.211. The van der Waals surface area contributed by atoms with E-state index in [4.69, 9.17) is 8.83 Å². The zero-order chi connectivity index (χ0) is 17.9. The normalized spacial score (nSPS) is 11.5. The molecule has 0 fully saturated rings. The number of carbonyl (C=O) groups is 1. The summed E-state index contributed by atoms with van der Waals surface area (Å²) in [5.74, 6) is -0.370. The lowest BCUT2D eigenvalue weighted by Crippen LogP contribution is -2.26. The zero-order valence-corrected chi connectivity index (χ0v) is 12.7. The van der Waals surface area contributed by atoms with Gasteiger partial charge in [-0.2, -0.15) is 13.2 Å². The molecule has 0 spiro atoms. The Morgan fingerprint density at radius 1 is 1.12 bits per heavy atom. The predicted octanol–water partition coefficient (Wildman–Crippen LogP) is 3.32. The van der Waals surface area contributed by atoms with Crippen molar-refractivity contribution in [2.24, 2.45) is 0 Å². The molecule has 1 aromatic carbocycles. The minimum absolute atomic E-state index is 0.0814. The van der Waals surface area contributed by atoms with Crippen LogP contribution in [0.4, 0.5) is 13.2 Å². The van der Waals surface area contributed by atoms with Gasteiger partial charge in [0.05, 0.1) is 11.8 Å². The molecule has 2 heterocycles. The fourth-order valence-corrected chi connectivity index (χ4v) is 2.07. The number of hydrogen-bond acceptors (Lipinski definition) is 5. The van der Waals surface area contributed by atoms with Gasteiger partial charge in [0.15, 0.2) is 5.76 Å². The van der Waals surface area contributed by atoms with Crippen molar-refractivity contribution < 1.29 is 26.8 Å². The Morgan fingerprint density at radius 2 is 1.88 bits per heavy atom. The van der Waals surface area contributed by atoms with E-state index in [1.54, 1.807) is 12.1 Å². The smallest absolute Gasteiger partial charge is 0.416 e. The summed E-state index contributed by atoms with van der Waals surface area (Å²) < 4.78 is 47.7. The van der Waals surface area contributed by atoms with Gasteiger partial charge >= 0.3 is 18.0 Å². The minimum atomic E-state index is -4.36. The molecule has 0 saturated heterocycles.